The Labute approximate surface area is 121 Å². The van der Waals surface area contributed by atoms with Gasteiger partial charge in [-0.25, -0.2) is 0 Å². The molecular formula is C16H14N5-. The maximum absolute atomic E-state index is 4.68. The van der Waals surface area contributed by atoms with Crippen molar-refractivity contribution in [3.8, 4) is 0 Å². The molecule has 0 aliphatic heterocycles. The average Bonchev–Trinajstić information content (AvgIpc) is 3.00. The van der Waals surface area contributed by atoms with Gasteiger partial charge in [0.1, 0.15) is 0 Å². The van der Waals surface area contributed by atoms with Crippen LogP contribution in [0, 0.1) is 0 Å². The number of aromatic nitrogens is 4. The molecular weight excluding hydrogens is 262 g/mol. The molecule has 2 aromatic heterocycles. The Morgan fingerprint density at radius 2 is 1.14 bits per heavy atom. The van der Waals surface area contributed by atoms with E-state index in [0.29, 0.717) is 11.6 Å². The molecule has 0 fully saturated rings. The van der Waals surface area contributed by atoms with Gasteiger partial charge in [0.2, 0.25) is 0 Å². The van der Waals surface area contributed by atoms with Crippen molar-refractivity contribution in [3.63, 3.8) is 0 Å². The summed E-state index contributed by atoms with van der Waals surface area (Å²) in [5.74, 6) is 1.41. The average molecular weight is 276 g/mol. The van der Waals surface area contributed by atoms with Crippen LogP contribution in [0.1, 0.15) is 0 Å². The molecule has 5 heteroatoms. The third-order valence-corrected chi connectivity index (χ3v) is 3.69. The Morgan fingerprint density at radius 1 is 0.714 bits per heavy atom. The minimum absolute atomic E-state index is 0.706. The third kappa shape index (κ3) is 1.78. The highest BCUT2D eigenvalue weighted by Gasteiger charge is 2.06. The van der Waals surface area contributed by atoms with Gasteiger partial charge in [-0.2, -0.15) is 0 Å². The second kappa shape index (κ2) is 4.34. The molecule has 5 nitrogen and oxygen atoms in total. The lowest BCUT2D eigenvalue weighted by Crippen LogP contribution is -1.88. The quantitative estimate of drug-likeness (QED) is 0.559. The lowest BCUT2D eigenvalue weighted by Gasteiger charge is -2.07. The number of benzene rings is 2. The van der Waals surface area contributed by atoms with Gasteiger partial charge in [-0.05, 0) is 12.1 Å². The molecule has 2 heterocycles. The maximum atomic E-state index is 4.68. The smallest absolute Gasteiger partial charge is 0.0535 e. The predicted octanol–water partition coefficient (Wildman–Crippen LogP) is 3.80. The van der Waals surface area contributed by atoms with Crippen LogP contribution in [-0.2, 0) is 14.1 Å². The fraction of sp³-hybridized carbons (Fsp3) is 0.125. The van der Waals surface area contributed by atoms with Gasteiger partial charge >= 0.3 is 0 Å². The molecule has 4 rings (SSSR count). The molecule has 0 unspecified atom stereocenters. The highest BCUT2D eigenvalue weighted by molar-refractivity contribution is 5.99. The van der Waals surface area contributed by atoms with Gasteiger partial charge in [-0.15, -0.1) is 0 Å². The van der Waals surface area contributed by atoms with Crippen molar-refractivity contribution in [1.29, 1.82) is 0 Å². The minimum atomic E-state index is 0.706. The molecule has 0 atom stereocenters. The van der Waals surface area contributed by atoms with Crippen molar-refractivity contribution in [2.45, 2.75) is 0 Å². The van der Waals surface area contributed by atoms with Crippen LogP contribution >= 0.6 is 0 Å². The van der Waals surface area contributed by atoms with Crippen LogP contribution in [0.5, 0.6) is 0 Å². The highest BCUT2D eigenvalue weighted by atomic mass is 15.3. The van der Waals surface area contributed by atoms with Crippen molar-refractivity contribution >= 4 is 33.4 Å². The van der Waals surface area contributed by atoms with Crippen LogP contribution in [0.2, 0.25) is 0 Å². The number of rotatable bonds is 2. The minimum Gasteiger partial charge on any atom is -0.355 e. The molecule has 0 saturated heterocycles. The number of fused-ring (bicyclic) bond motifs is 2. The van der Waals surface area contributed by atoms with Gasteiger partial charge < -0.3 is 14.7 Å². The largest absolute Gasteiger partial charge is 0.355 e. The normalized spacial score (nSPS) is 11.3. The fourth-order valence-electron chi connectivity index (χ4n) is 2.65. The summed E-state index contributed by atoms with van der Waals surface area (Å²) in [7, 11) is 3.86. The lowest BCUT2D eigenvalue weighted by atomic mass is 10.2. The summed E-state index contributed by atoms with van der Waals surface area (Å²) in [6.07, 6.45) is 0. The molecule has 0 aliphatic rings. The first kappa shape index (κ1) is 12.0. The van der Waals surface area contributed by atoms with Crippen LogP contribution in [0.4, 0.5) is 11.6 Å². The number of para-hydroxylation sites is 2. The van der Waals surface area contributed by atoms with E-state index in [1.807, 2.05) is 72.0 Å². The Kier molecular flexibility index (Phi) is 2.47. The van der Waals surface area contributed by atoms with E-state index < -0.39 is 0 Å². The molecule has 2 aromatic carbocycles. The van der Waals surface area contributed by atoms with E-state index in [1.54, 1.807) is 0 Å². The molecule has 104 valence electrons. The van der Waals surface area contributed by atoms with Crippen molar-refractivity contribution in [3.05, 3.63) is 53.8 Å². The van der Waals surface area contributed by atoms with Crippen LogP contribution in [-0.4, -0.2) is 19.6 Å². The van der Waals surface area contributed by atoms with Gasteiger partial charge in [0.05, 0.1) is 11.0 Å². The Morgan fingerprint density at radius 3 is 1.62 bits per heavy atom. The molecule has 0 aliphatic carbocycles. The molecule has 0 amide bonds. The number of nitrogens with zero attached hydrogens (tertiary/aromatic N) is 5. The van der Waals surface area contributed by atoms with Crippen molar-refractivity contribution in [2.24, 2.45) is 14.1 Å². The van der Waals surface area contributed by atoms with Crippen molar-refractivity contribution in [2.75, 3.05) is 0 Å². The van der Waals surface area contributed by atoms with Gasteiger partial charge in [-0.3, -0.25) is 10.2 Å². The van der Waals surface area contributed by atoms with Crippen LogP contribution < -0.4 is 0 Å². The first-order valence-corrected chi connectivity index (χ1v) is 6.79. The summed E-state index contributed by atoms with van der Waals surface area (Å²) in [6, 6.07) is 16.2. The van der Waals surface area contributed by atoms with E-state index in [4.69, 9.17) is 0 Å². The van der Waals surface area contributed by atoms with Crippen LogP contribution in [0.25, 0.3) is 27.1 Å². The molecule has 0 spiro atoms. The van der Waals surface area contributed by atoms with E-state index in [1.165, 1.54) is 0 Å². The predicted molar refractivity (Wildman–Crippen MR) is 84.1 cm³/mol. The molecule has 0 N–H and O–H groups in total. The first-order valence-electron chi connectivity index (χ1n) is 6.79. The Bertz CT molecular complexity index is 870. The summed E-state index contributed by atoms with van der Waals surface area (Å²) in [5, 5.41) is 15.8. The second-order valence-electron chi connectivity index (χ2n) is 5.04. The van der Waals surface area contributed by atoms with E-state index in [9.17, 15) is 0 Å². The zero-order valence-corrected chi connectivity index (χ0v) is 11.9. The van der Waals surface area contributed by atoms with Gasteiger partial charge in [0.25, 0.3) is 0 Å². The summed E-state index contributed by atoms with van der Waals surface area (Å²) < 4.78 is 3.69. The van der Waals surface area contributed by atoms with E-state index in [0.717, 1.165) is 21.8 Å². The molecule has 21 heavy (non-hydrogen) atoms. The van der Waals surface area contributed by atoms with E-state index in [2.05, 4.69) is 15.5 Å². The van der Waals surface area contributed by atoms with Gasteiger partial charge in [0.15, 0.2) is 0 Å². The molecule has 4 aromatic rings. The highest BCUT2D eigenvalue weighted by Crippen LogP contribution is 2.37. The second-order valence-corrected chi connectivity index (χ2v) is 5.04. The standard InChI is InChI=1S/C16H14N5/c1-20-13-9-5-3-7-11(13)15(18-20)17-16-12-8-4-6-10-14(12)21(2)19-16/h3-10H,1-2H3/q-1. The topological polar surface area (TPSA) is 49.7 Å². The summed E-state index contributed by atoms with van der Waals surface area (Å²) in [4.78, 5) is 0. The zero-order chi connectivity index (χ0) is 14.4. The lowest BCUT2D eigenvalue weighted by molar-refractivity contribution is 0.795. The summed E-state index contributed by atoms with van der Waals surface area (Å²) in [6.45, 7) is 0. The Hall–Kier alpha value is -2.82. The van der Waals surface area contributed by atoms with E-state index >= 15 is 0 Å². The zero-order valence-electron chi connectivity index (χ0n) is 11.9. The SMILES string of the molecule is Cn1nc([N-]c2nn(C)c3ccccc23)c2ccccc21. The molecule has 0 saturated carbocycles. The van der Waals surface area contributed by atoms with Crippen molar-refractivity contribution < 1.29 is 0 Å². The molecule has 0 radical (unpaired) electrons. The maximum Gasteiger partial charge on any atom is 0.0535 e. The summed E-state index contributed by atoms with van der Waals surface area (Å²) >= 11 is 0. The van der Waals surface area contributed by atoms with Crippen LogP contribution in [0.3, 0.4) is 0 Å². The van der Waals surface area contributed by atoms with Crippen LogP contribution in [0.15, 0.2) is 48.5 Å². The van der Waals surface area contributed by atoms with Crippen molar-refractivity contribution in [1.82, 2.24) is 19.6 Å². The third-order valence-electron chi connectivity index (χ3n) is 3.69. The van der Waals surface area contributed by atoms with Gasteiger partial charge in [-0.1, -0.05) is 36.4 Å². The monoisotopic (exact) mass is 276 g/mol. The molecule has 0 bridgehead atoms. The van der Waals surface area contributed by atoms with Gasteiger partial charge in [0, 0.05) is 36.5 Å². The Balaban J connectivity index is 1.87. The van der Waals surface area contributed by atoms with E-state index in [-0.39, 0.29) is 0 Å². The summed E-state index contributed by atoms with van der Waals surface area (Å²) in [5.41, 5.74) is 2.13. The number of aryl methyl sites for hydroxylation is 2. The number of hydrogen-bond donors (Lipinski definition) is 0. The number of hydrogen-bond acceptors (Lipinski definition) is 2. The first-order chi connectivity index (χ1) is 10.2. The fourth-order valence-corrected chi connectivity index (χ4v) is 2.65.